The first-order chi connectivity index (χ1) is 13.0. The highest BCUT2D eigenvalue weighted by atomic mass is 32.2. The maximum Gasteiger partial charge on any atom is 0.338 e. The largest absolute Gasteiger partial charge is 0.452 e. The van der Waals surface area contributed by atoms with Crippen LogP contribution in [0.3, 0.4) is 0 Å². The van der Waals surface area contributed by atoms with Crippen molar-refractivity contribution in [1.29, 1.82) is 0 Å². The molecule has 0 aliphatic carbocycles. The lowest BCUT2D eigenvalue weighted by Gasteiger charge is -2.21. The lowest BCUT2D eigenvalue weighted by atomic mass is 10.2. The molecule has 0 radical (unpaired) electrons. The monoisotopic (exact) mass is 402 g/mol. The molecule has 140 valence electrons. The summed E-state index contributed by atoms with van der Waals surface area (Å²) in [7, 11) is 0. The van der Waals surface area contributed by atoms with Crippen molar-refractivity contribution in [2.24, 2.45) is 0 Å². The molecule has 2 amide bonds. The zero-order valence-corrected chi connectivity index (χ0v) is 16.4. The van der Waals surface area contributed by atoms with Gasteiger partial charge in [0.25, 0.3) is 5.91 Å². The molecular weight excluding hydrogens is 384 g/mol. The number of amides is 2. The zero-order chi connectivity index (χ0) is 19.4. The first-order valence-corrected chi connectivity index (χ1v) is 10.3. The molecule has 27 heavy (non-hydrogen) atoms. The summed E-state index contributed by atoms with van der Waals surface area (Å²) in [6.07, 6.45) is 1.95. The first kappa shape index (κ1) is 19.3. The van der Waals surface area contributed by atoms with Crippen molar-refractivity contribution in [3.8, 4) is 0 Å². The lowest BCUT2D eigenvalue weighted by molar-refractivity contribution is -0.119. The van der Waals surface area contributed by atoms with Crippen LogP contribution in [0.1, 0.15) is 17.3 Å². The van der Waals surface area contributed by atoms with Gasteiger partial charge in [0, 0.05) is 15.5 Å². The molecule has 0 fully saturated rings. The molecule has 0 aromatic heterocycles. The third-order valence-corrected chi connectivity index (χ3v) is 5.74. The highest BCUT2D eigenvalue weighted by Crippen LogP contribution is 2.36. The average Bonchev–Trinajstić information content (AvgIpc) is 2.66. The van der Waals surface area contributed by atoms with Crippen LogP contribution in [0.15, 0.2) is 52.3 Å². The van der Waals surface area contributed by atoms with Gasteiger partial charge in [-0.1, -0.05) is 6.07 Å². The summed E-state index contributed by atoms with van der Waals surface area (Å²) < 4.78 is 5.08. The van der Waals surface area contributed by atoms with Gasteiger partial charge in [-0.15, -0.1) is 23.5 Å². The van der Waals surface area contributed by atoms with E-state index in [1.807, 2.05) is 31.4 Å². The Labute approximate surface area is 165 Å². The van der Waals surface area contributed by atoms with Crippen molar-refractivity contribution >= 4 is 52.7 Å². The Morgan fingerprint density at radius 2 is 2.07 bits per heavy atom. The number of fused-ring (bicyclic) bond motifs is 1. The number of nitrogens with one attached hydrogen (secondary N) is 2. The van der Waals surface area contributed by atoms with Gasteiger partial charge in [0.1, 0.15) is 0 Å². The van der Waals surface area contributed by atoms with Gasteiger partial charge in [-0.25, -0.2) is 4.79 Å². The molecule has 0 spiro atoms. The van der Waals surface area contributed by atoms with Gasteiger partial charge in [0.2, 0.25) is 5.91 Å². The molecule has 0 saturated carbocycles. The predicted molar refractivity (Wildman–Crippen MR) is 108 cm³/mol. The Kier molecular flexibility index (Phi) is 6.08. The highest BCUT2D eigenvalue weighted by molar-refractivity contribution is 8.01. The quantitative estimate of drug-likeness (QED) is 0.587. The van der Waals surface area contributed by atoms with E-state index in [0.29, 0.717) is 11.4 Å². The van der Waals surface area contributed by atoms with E-state index in [1.54, 1.807) is 36.0 Å². The summed E-state index contributed by atoms with van der Waals surface area (Å²) in [5.74, 6) is -1.15. The SMILES string of the molecule is CSc1cccc(NC(=O)COC(=O)c2ccc3c(c2)NC(=O)C(C)S3)c1. The topological polar surface area (TPSA) is 84.5 Å². The molecule has 2 N–H and O–H groups in total. The van der Waals surface area contributed by atoms with Crippen LogP contribution in [-0.2, 0) is 14.3 Å². The minimum atomic E-state index is -0.622. The summed E-state index contributed by atoms with van der Waals surface area (Å²) >= 11 is 3.00. The third-order valence-electron chi connectivity index (χ3n) is 3.83. The Balaban J connectivity index is 1.58. The van der Waals surface area contributed by atoms with E-state index in [1.165, 1.54) is 11.8 Å². The Morgan fingerprint density at radius 3 is 2.85 bits per heavy atom. The van der Waals surface area contributed by atoms with Crippen LogP contribution in [0.2, 0.25) is 0 Å². The highest BCUT2D eigenvalue weighted by Gasteiger charge is 2.24. The zero-order valence-electron chi connectivity index (χ0n) is 14.8. The fraction of sp³-hybridized carbons (Fsp3) is 0.211. The minimum absolute atomic E-state index is 0.107. The molecule has 0 bridgehead atoms. The Bertz CT molecular complexity index is 901. The number of rotatable bonds is 5. The molecule has 1 aliphatic heterocycles. The second-order valence-electron chi connectivity index (χ2n) is 5.82. The Morgan fingerprint density at radius 1 is 1.26 bits per heavy atom. The lowest BCUT2D eigenvalue weighted by Crippen LogP contribution is -2.26. The smallest absolute Gasteiger partial charge is 0.338 e. The van der Waals surface area contributed by atoms with Gasteiger partial charge in [-0.3, -0.25) is 9.59 Å². The maximum absolute atomic E-state index is 12.2. The molecule has 2 aromatic carbocycles. The van der Waals surface area contributed by atoms with Gasteiger partial charge < -0.3 is 15.4 Å². The van der Waals surface area contributed by atoms with Crippen molar-refractivity contribution in [3.63, 3.8) is 0 Å². The first-order valence-electron chi connectivity index (χ1n) is 8.19. The number of thioether (sulfide) groups is 2. The molecule has 6 nitrogen and oxygen atoms in total. The molecule has 1 unspecified atom stereocenters. The van der Waals surface area contributed by atoms with Crippen molar-refractivity contribution in [2.75, 3.05) is 23.5 Å². The van der Waals surface area contributed by atoms with Crippen LogP contribution in [0, 0.1) is 0 Å². The van der Waals surface area contributed by atoms with E-state index in [9.17, 15) is 14.4 Å². The molecule has 3 rings (SSSR count). The van der Waals surface area contributed by atoms with E-state index in [4.69, 9.17) is 4.74 Å². The van der Waals surface area contributed by atoms with E-state index in [2.05, 4.69) is 10.6 Å². The molecular formula is C19H18N2O4S2. The van der Waals surface area contributed by atoms with Crippen molar-refractivity contribution in [3.05, 3.63) is 48.0 Å². The molecule has 8 heteroatoms. The normalized spacial score (nSPS) is 15.5. The summed E-state index contributed by atoms with van der Waals surface area (Å²) in [6, 6.07) is 12.3. The third kappa shape index (κ3) is 4.84. The van der Waals surface area contributed by atoms with Gasteiger partial charge in [0.15, 0.2) is 6.61 Å². The van der Waals surface area contributed by atoms with E-state index in [0.717, 1.165) is 9.79 Å². The van der Waals surface area contributed by atoms with Crippen LogP contribution in [0.4, 0.5) is 11.4 Å². The number of ether oxygens (including phenoxy) is 1. The van der Waals surface area contributed by atoms with Crippen LogP contribution in [0.25, 0.3) is 0 Å². The number of carbonyl (C=O) groups excluding carboxylic acids is 3. The van der Waals surface area contributed by atoms with Crippen LogP contribution < -0.4 is 10.6 Å². The van der Waals surface area contributed by atoms with Crippen LogP contribution in [0.5, 0.6) is 0 Å². The maximum atomic E-state index is 12.2. The van der Waals surface area contributed by atoms with Crippen molar-refractivity contribution in [2.45, 2.75) is 22.0 Å². The van der Waals surface area contributed by atoms with Gasteiger partial charge in [0.05, 0.1) is 16.5 Å². The standard InChI is InChI=1S/C19H18N2O4S2/c1-11-18(23)21-15-8-12(6-7-16(15)27-11)19(24)25-10-17(22)20-13-4-3-5-14(9-13)26-2/h3-9,11H,10H2,1-2H3,(H,20,22)(H,21,23). The van der Waals surface area contributed by atoms with Crippen LogP contribution in [-0.4, -0.2) is 35.9 Å². The second kappa shape index (κ2) is 8.49. The summed E-state index contributed by atoms with van der Waals surface area (Å²) in [5, 5.41) is 5.28. The van der Waals surface area contributed by atoms with Gasteiger partial charge >= 0.3 is 5.97 Å². The van der Waals surface area contributed by atoms with Crippen molar-refractivity contribution < 1.29 is 19.1 Å². The second-order valence-corrected chi connectivity index (χ2v) is 8.08. The molecule has 1 heterocycles. The number of esters is 1. The van der Waals surface area contributed by atoms with Crippen LogP contribution >= 0.6 is 23.5 Å². The molecule has 1 atom stereocenters. The Hall–Kier alpha value is -2.45. The number of anilines is 2. The average molecular weight is 402 g/mol. The summed E-state index contributed by atoms with van der Waals surface area (Å²) in [5.41, 5.74) is 1.50. The van der Waals surface area contributed by atoms with E-state index in [-0.39, 0.29) is 16.7 Å². The van der Waals surface area contributed by atoms with Gasteiger partial charge in [-0.05, 0) is 49.6 Å². The predicted octanol–water partition coefficient (Wildman–Crippen LogP) is 3.64. The van der Waals surface area contributed by atoms with E-state index >= 15 is 0 Å². The number of carbonyl (C=O) groups is 3. The molecule has 2 aromatic rings. The number of benzene rings is 2. The van der Waals surface area contributed by atoms with Gasteiger partial charge in [-0.2, -0.15) is 0 Å². The van der Waals surface area contributed by atoms with E-state index < -0.39 is 18.5 Å². The molecule has 0 saturated heterocycles. The minimum Gasteiger partial charge on any atom is -0.452 e. The van der Waals surface area contributed by atoms with Crippen molar-refractivity contribution in [1.82, 2.24) is 0 Å². The number of hydrogen-bond acceptors (Lipinski definition) is 6. The summed E-state index contributed by atoms with van der Waals surface area (Å²) in [4.78, 5) is 37.9. The molecule has 1 aliphatic rings. The number of hydrogen-bond donors (Lipinski definition) is 2. The fourth-order valence-corrected chi connectivity index (χ4v) is 3.84. The fourth-order valence-electron chi connectivity index (χ4n) is 2.45. The summed E-state index contributed by atoms with van der Waals surface area (Å²) in [6.45, 7) is 1.43.